The first-order chi connectivity index (χ1) is 62.4. The van der Waals surface area contributed by atoms with Gasteiger partial charge in [-0.2, -0.15) is 0 Å². The van der Waals surface area contributed by atoms with Crippen LogP contribution in [0.25, 0.3) is 0 Å². The normalized spacial score (nSPS) is 17.1. The molecule has 728 valence electrons. The van der Waals surface area contributed by atoms with E-state index in [0.29, 0.717) is 49.9 Å². The molecule has 2 aliphatic rings. The fourth-order valence-corrected chi connectivity index (χ4v) is 17.0. The molecule has 1 saturated heterocycles. The lowest BCUT2D eigenvalue weighted by atomic mass is 9.85. The number of carboxylic acids is 3. The number of aliphatic hydroxyl groups excluding tert-OH is 4. The van der Waals surface area contributed by atoms with Crippen LogP contribution in [0.5, 0.6) is 11.5 Å². The second-order valence-corrected chi connectivity index (χ2v) is 36.4. The largest absolute Gasteiger partial charge is 0.508 e. The number of aromatic hydroxyl groups is 2. The highest BCUT2D eigenvalue weighted by atomic mass is 32.2. The van der Waals surface area contributed by atoms with Gasteiger partial charge in [0.05, 0.1) is 110 Å². The Labute approximate surface area is 772 Å². The summed E-state index contributed by atoms with van der Waals surface area (Å²) < 4.78 is 0. The molecule has 3 aromatic carbocycles. The Balaban J connectivity index is 1.28. The highest BCUT2D eigenvalue weighted by Crippen LogP contribution is 2.39. The molecule has 3 aromatic rings. The van der Waals surface area contributed by atoms with Crippen molar-refractivity contribution in [3.8, 4) is 11.5 Å². The molecule has 18 atom stereocenters. The summed E-state index contributed by atoms with van der Waals surface area (Å²) in [4.78, 5) is 262. The van der Waals surface area contributed by atoms with E-state index >= 15 is 0 Å². The molecule has 1 heterocycles. The van der Waals surface area contributed by atoms with Gasteiger partial charge < -0.3 is 93.8 Å². The molecule has 2 fully saturated rings. The number of phenols is 2. The number of phenolic OH excluding ortho intramolecular Hbond substituents is 2. The lowest BCUT2D eigenvalue weighted by molar-refractivity contribution is -0.143. The van der Waals surface area contributed by atoms with Crippen LogP contribution >= 0.6 is 11.8 Å². The average molecular weight is 1870 g/mol. The fraction of sp³-hybridized carbons (Fsp3) is 0.606. The van der Waals surface area contributed by atoms with Gasteiger partial charge in [-0.1, -0.05) is 95.1 Å². The summed E-state index contributed by atoms with van der Waals surface area (Å²) in [6.45, 7) is 8.66. The molecule has 38 heteroatoms. The predicted molar refractivity (Wildman–Crippen MR) is 481 cm³/mol. The van der Waals surface area contributed by atoms with Crippen molar-refractivity contribution in [1.82, 2.24) is 42.1 Å². The number of Topliss-reactive ketones (excluding diaryl/α,β-unsaturated/α-hetero) is 8. The van der Waals surface area contributed by atoms with E-state index in [9.17, 15) is 137 Å². The number of carboxylic acid groups (broad SMARTS) is 3. The van der Waals surface area contributed by atoms with Crippen LogP contribution in [-0.2, 0) is 110 Å². The van der Waals surface area contributed by atoms with Crippen LogP contribution < -0.4 is 43.0 Å². The number of likely N-dealkylation sites (tertiary alicyclic amines) is 1. The van der Waals surface area contributed by atoms with Crippen molar-refractivity contribution in [1.29, 1.82) is 0 Å². The number of nitrogens with two attached hydrogens (primary N) is 1. The number of nitrogens with zero attached hydrogens (tertiary/aromatic N) is 1. The molecular weight excluding hydrogens is 1740 g/mol. The zero-order chi connectivity index (χ0) is 98.2. The molecule has 1 saturated carbocycles. The second kappa shape index (κ2) is 56.7. The Bertz CT molecular complexity index is 4430. The first-order valence-corrected chi connectivity index (χ1v) is 46.3. The smallest absolute Gasteiger partial charge is 0.304 e. The van der Waals surface area contributed by atoms with Crippen molar-refractivity contribution >= 4 is 123 Å². The SMILES string of the molecule is CC[C@H](C)[C@H](NC(=O)[C@H](CO)CC(=O)[C@H](Cc1ccc(O)cc1)NC(=O)[C@H](CC(=O)O)CC(=O)[C@H](CO)NC(=O)[C@@H](CC(=O)[C@H](Cc1ccccc1)NC(=O)[C@@H](CC(=O)CNC(=O)[C@H](CCC(=O)O)CC(=O)CSCC(=O)CCCN1C(=O)[C@@H]2CC[C@H]1C2)[C@@H](C)O)[C@@H](C)O)C(=O)C[C@@H](Cc1ccc(O)cc1)C(=O)N[C@@H](CC(C)C)C(=O)C[C@@H](CC(=O)O)C(=O)N[C@H](C)CCCCN. The van der Waals surface area contributed by atoms with E-state index in [1.54, 1.807) is 65.0 Å². The van der Waals surface area contributed by atoms with Gasteiger partial charge in [0.1, 0.15) is 29.1 Å². The van der Waals surface area contributed by atoms with Crippen molar-refractivity contribution in [2.45, 2.75) is 257 Å². The first-order valence-electron chi connectivity index (χ1n) is 45.1. The number of thioether (sulfide) groups is 1. The Morgan fingerprint density at radius 3 is 1.46 bits per heavy atom. The Hall–Kier alpha value is -11.1. The van der Waals surface area contributed by atoms with Gasteiger partial charge in [-0.15, -0.1) is 11.8 Å². The van der Waals surface area contributed by atoms with Gasteiger partial charge in [0.25, 0.3) is 0 Å². The van der Waals surface area contributed by atoms with Gasteiger partial charge in [0.15, 0.2) is 34.7 Å². The molecule has 0 radical (unpaired) electrons. The summed E-state index contributed by atoms with van der Waals surface area (Å²) in [5.41, 5.74) is 6.78. The molecule has 5 rings (SSSR count). The molecule has 0 spiro atoms. The summed E-state index contributed by atoms with van der Waals surface area (Å²) in [7, 11) is 0. The van der Waals surface area contributed by atoms with Gasteiger partial charge >= 0.3 is 17.9 Å². The predicted octanol–water partition coefficient (Wildman–Crippen LogP) is 3.07. The molecule has 37 nitrogen and oxygen atoms in total. The molecule has 0 unspecified atom stereocenters. The molecule has 1 aliphatic carbocycles. The average Bonchev–Trinajstić information content (AvgIpc) is 1.68. The number of amides is 8. The number of unbranched alkanes of at least 4 members (excludes halogenated alkanes) is 1. The minimum absolute atomic E-state index is 0.0189. The van der Waals surface area contributed by atoms with Crippen molar-refractivity contribution in [3.63, 3.8) is 0 Å². The maximum Gasteiger partial charge on any atom is 0.304 e. The Morgan fingerprint density at radius 1 is 0.455 bits per heavy atom. The quantitative estimate of drug-likeness (QED) is 0.0361. The number of rotatable bonds is 67. The summed E-state index contributed by atoms with van der Waals surface area (Å²) in [6, 6.07) is 10.7. The Morgan fingerprint density at radius 2 is 0.939 bits per heavy atom. The first kappa shape index (κ1) is 111. The van der Waals surface area contributed by atoms with Gasteiger partial charge in [0, 0.05) is 94.2 Å². The number of nitrogens with one attached hydrogen (secondary N) is 7. The van der Waals surface area contributed by atoms with Crippen LogP contribution in [0.15, 0.2) is 78.9 Å². The van der Waals surface area contributed by atoms with E-state index in [1.807, 2.05) is 4.90 Å². The minimum Gasteiger partial charge on any atom is -0.508 e. The van der Waals surface area contributed by atoms with Crippen LogP contribution in [0, 0.1) is 59.2 Å². The number of hydrogen-bond donors (Lipinski definition) is 17. The maximum atomic E-state index is 14.9. The molecule has 1 aliphatic heterocycles. The number of aliphatic carboxylic acids is 3. The lowest BCUT2D eigenvalue weighted by Crippen LogP contribution is -2.52. The van der Waals surface area contributed by atoms with Crippen LogP contribution in [0.4, 0.5) is 0 Å². The number of benzene rings is 3. The third kappa shape index (κ3) is 38.6. The van der Waals surface area contributed by atoms with E-state index < -0.39 is 280 Å². The maximum absolute atomic E-state index is 14.9. The highest BCUT2D eigenvalue weighted by molar-refractivity contribution is 8.00. The second-order valence-electron chi connectivity index (χ2n) is 35.4. The third-order valence-corrected chi connectivity index (χ3v) is 25.1. The summed E-state index contributed by atoms with van der Waals surface area (Å²) in [5, 5.41) is 111. The molecule has 2 bridgehead atoms. The van der Waals surface area contributed by atoms with Crippen molar-refractivity contribution < 1.29 is 137 Å². The summed E-state index contributed by atoms with van der Waals surface area (Å²) in [5.74, 6) is -29.4. The molecule has 8 amide bonds. The summed E-state index contributed by atoms with van der Waals surface area (Å²) in [6.07, 6.45) is -6.72. The summed E-state index contributed by atoms with van der Waals surface area (Å²) >= 11 is 1.02. The molecule has 18 N–H and O–H groups in total. The molecule has 0 aromatic heterocycles. The van der Waals surface area contributed by atoms with E-state index in [0.717, 1.165) is 37.9 Å². The Kier molecular flexibility index (Phi) is 47.9. The van der Waals surface area contributed by atoms with Gasteiger partial charge in [-0.3, -0.25) is 91.1 Å². The number of fused-ring (bicyclic) bond motifs is 2. The van der Waals surface area contributed by atoms with Crippen molar-refractivity contribution in [2.24, 2.45) is 64.9 Å². The third-order valence-electron chi connectivity index (χ3n) is 24.0. The molecule has 132 heavy (non-hydrogen) atoms. The molecular formula is C94H133N9O28S. The number of ketones is 8. The topological polar surface area (TPSA) is 620 Å². The highest BCUT2D eigenvalue weighted by Gasteiger charge is 2.45. The number of aliphatic hydroxyl groups is 4. The minimum atomic E-state index is -1.99. The van der Waals surface area contributed by atoms with E-state index in [1.165, 1.54) is 55.5 Å². The fourth-order valence-electron chi connectivity index (χ4n) is 16.2. The monoisotopic (exact) mass is 1870 g/mol. The zero-order valence-corrected chi connectivity index (χ0v) is 76.9. The van der Waals surface area contributed by atoms with Crippen LogP contribution in [0.2, 0.25) is 0 Å². The van der Waals surface area contributed by atoms with Crippen molar-refractivity contribution in [3.05, 3.63) is 95.6 Å². The van der Waals surface area contributed by atoms with Crippen LogP contribution in [-0.4, -0.2) is 261 Å². The van der Waals surface area contributed by atoms with Gasteiger partial charge in [-0.25, -0.2) is 0 Å². The van der Waals surface area contributed by atoms with Gasteiger partial charge in [0.2, 0.25) is 47.3 Å². The lowest BCUT2D eigenvalue weighted by Gasteiger charge is -2.28. The van der Waals surface area contributed by atoms with Gasteiger partial charge in [-0.05, 0) is 151 Å². The van der Waals surface area contributed by atoms with E-state index in [4.69, 9.17) is 5.73 Å². The van der Waals surface area contributed by atoms with Crippen LogP contribution in [0.1, 0.15) is 200 Å². The number of piperidine rings is 1. The number of hydrogen-bond acceptors (Lipinski definition) is 27. The van der Waals surface area contributed by atoms with Crippen LogP contribution in [0.3, 0.4) is 0 Å². The van der Waals surface area contributed by atoms with E-state index in [-0.39, 0.29) is 103 Å². The zero-order valence-electron chi connectivity index (χ0n) is 76.1. The number of carbonyl (C=O) groups is 19. The van der Waals surface area contributed by atoms with E-state index in [2.05, 4.69) is 37.2 Å². The standard InChI is InChI=1S/C94H133N9O28S/c1-8-53(4)86(82(117)41-62(34-58-19-26-67(108)27-20-58)89(126)98-74(33-52(2)3)78(113)39-63(43-84(120)121)88(125)97-54(5)15-12-13-31-95)102-91(128)65(48-104)42-79(114)75(36-59-21-28-68(109)29-22-59)99-90(127)64(44-85(122)123)40-80(115)77(49-105)101-93(130)73(56(7)107)46-81(116)76(35-57-16-10-9-11-17-57)100-92(129)72(55(6)106)45-70(111)47-96-87(124)60(24-30-83(118)119)38-71(112)51-132-50-69(110)18-14-32-103-66-25-23-61(37-66)94(103)131/h9-11,16-17,19-22,26-29,52-56,60-66,72-77,86,104-109H,8,12-15,18,23-25,30-51,95H2,1-7H3,(H,96,124)(H,97,125)(H,98,126)(H,99,127)(H,100,129)(H,101,130)(H,102,128)(H,118,119)(H,120,121)(H,122,123)/t53-,54+,55+,56+,60+,61+,62+,63-,64-,65-,66-,72-,73-,74-,75-,76-,77-,86-/m0/s1. The van der Waals surface area contributed by atoms with Crippen molar-refractivity contribution in [2.75, 3.05) is 44.4 Å². The number of carbonyl (C=O) groups excluding carboxylic acids is 16.